The van der Waals surface area contributed by atoms with Crippen LogP contribution in [0.2, 0.25) is 0 Å². The molecule has 0 saturated carbocycles. The first-order chi connectivity index (χ1) is 8.29. The van der Waals surface area contributed by atoms with Crippen LogP contribution >= 0.6 is 11.3 Å². The first kappa shape index (κ1) is 10.2. The van der Waals surface area contributed by atoms with Gasteiger partial charge in [-0.3, -0.25) is 4.79 Å². The maximum absolute atomic E-state index is 10.7. The minimum atomic E-state index is 0.467. The highest BCUT2D eigenvalue weighted by Gasteiger charge is 2.15. The molecule has 0 aliphatic carbocycles. The van der Waals surface area contributed by atoms with Gasteiger partial charge < -0.3 is 4.42 Å². The molecule has 0 aliphatic rings. The number of carbonyl (C=O) groups is 1. The molecule has 2 heterocycles. The molecule has 0 amide bonds. The van der Waals surface area contributed by atoms with E-state index in [1.807, 2.05) is 31.2 Å². The molecule has 0 spiro atoms. The van der Waals surface area contributed by atoms with E-state index in [9.17, 15) is 4.79 Å². The molecule has 0 aliphatic heterocycles. The van der Waals surface area contributed by atoms with Crippen molar-refractivity contribution in [2.45, 2.75) is 6.92 Å². The summed E-state index contributed by atoms with van der Waals surface area (Å²) in [6.07, 6.45) is 0.762. The monoisotopic (exact) mass is 243 g/mol. The molecular weight excluding hydrogens is 234 g/mol. The van der Waals surface area contributed by atoms with E-state index in [1.54, 1.807) is 5.38 Å². The van der Waals surface area contributed by atoms with E-state index < -0.39 is 0 Å². The van der Waals surface area contributed by atoms with E-state index in [2.05, 4.69) is 4.98 Å². The average molecular weight is 243 g/mol. The van der Waals surface area contributed by atoms with Gasteiger partial charge in [0.25, 0.3) is 0 Å². The highest BCUT2D eigenvalue weighted by atomic mass is 32.1. The molecule has 2 aromatic heterocycles. The van der Waals surface area contributed by atoms with Gasteiger partial charge in [-0.15, -0.1) is 11.3 Å². The third-order valence-electron chi connectivity index (χ3n) is 2.63. The highest BCUT2D eigenvalue weighted by molar-refractivity contribution is 7.13. The molecule has 0 bridgehead atoms. The molecule has 3 nitrogen and oxygen atoms in total. The first-order valence-corrected chi connectivity index (χ1v) is 6.07. The Balaban J connectivity index is 2.28. The summed E-state index contributed by atoms with van der Waals surface area (Å²) in [5.74, 6) is 0.831. The number of aryl methyl sites for hydroxylation is 1. The number of thiazole rings is 1. The van der Waals surface area contributed by atoms with Gasteiger partial charge >= 0.3 is 0 Å². The van der Waals surface area contributed by atoms with Crippen LogP contribution in [-0.2, 0) is 0 Å². The number of hydrogen-bond acceptors (Lipinski definition) is 4. The molecular formula is C13H9NO2S. The van der Waals surface area contributed by atoms with Crippen molar-refractivity contribution >= 4 is 28.6 Å². The fraction of sp³-hybridized carbons (Fsp3) is 0.0769. The summed E-state index contributed by atoms with van der Waals surface area (Å²) in [4.78, 5) is 14.9. The second kappa shape index (κ2) is 3.82. The number of para-hydroxylation sites is 1. The minimum Gasteiger partial charge on any atom is -0.461 e. The molecule has 1 aromatic carbocycles. The summed E-state index contributed by atoms with van der Waals surface area (Å²) in [5.41, 5.74) is 2.30. The Bertz CT molecular complexity index is 696. The third kappa shape index (κ3) is 1.57. The molecule has 0 radical (unpaired) electrons. The van der Waals surface area contributed by atoms with Gasteiger partial charge in [0.15, 0.2) is 6.29 Å². The van der Waals surface area contributed by atoms with Gasteiger partial charge in [0.05, 0.1) is 5.56 Å². The largest absolute Gasteiger partial charge is 0.461 e. The van der Waals surface area contributed by atoms with Gasteiger partial charge in [0.2, 0.25) is 0 Å². The lowest BCUT2D eigenvalue weighted by molar-refractivity contribution is 0.111. The zero-order valence-electron chi connectivity index (χ0n) is 9.14. The van der Waals surface area contributed by atoms with Crippen LogP contribution in [-0.4, -0.2) is 11.3 Å². The first-order valence-electron chi connectivity index (χ1n) is 5.19. The lowest BCUT2D eigenvalue weighted by atomic mass is 10.1. The second-order valence-corrected chi connectivity index (χ2v) is 4.58. The van der Waals surface area contributed by atoms with Crippen LogP contribution in [0.3, 0.4) is 0 Å². The molecule has 3 aromatic rings. The Morgan fingerprint density at radius 2 is 2.18 bits per heavy atom. The minimum absolute atomic E-state index is 0.467. The molecule has 0 saturated heterocycles. The molecule has 17 heavy (non-hydrogen) atoms. The quantitative estimate of drug-likeness (QED) is 0.645. The number of fused-ring (bicyclic) bond motifs is 1. The Morgan fingerprint density at radius 1 is 1.35 bits per heavy atom. The maximum Gasteiger partial charge on any atom is 0.169 e. The number of nitrogens with zero attached hydrogens (tertiary/aromatic N) is 1. The fourth-order valence-corrected chi connectivity index (χ4v) is 2.76. The Morgan fingerprint density at radius 3 is 2.94 bits per heavy atom. The van der Waals surface area contributed by atoms with Crippen LogP contribution in [0.1, 0.15) is 16.2 Å². The normalized spacial score (nSPS) is 10.9. The molecule has 0 unspecified atom stereocenters. The van der Waals surface area contributed by atoms with Crippen molar-refractivity contribution in [1.82, 2.24) is 4.98 Å². The van der Waals surface area contributed by atoms with Crippen molar-refractivity contribution in [2.24, 2.45) is 0 Å². The number of aldehydes is 1. The molecule has 0 N–H and O–H groups in total. The lowest BCUT2D eigenvalue weighted by Gasteiger charge is -1.93. The van der Waals surface area contributed by atoms with Gasteiger partial charge in [-0.1, -0.05) is 18.2 Å². The van der Waals surface area contributed by atoms with Gasteiger partial charge in [-0.2, -0.15) is 0 Å². The van der Waals surface area contributed by atoms with Gasteiger partial charge in [-0.05, 0) is 13.0 Å². The van der Waals surface area contributed by atoms with E-state index in [0.717, 1.165) is 33.6 Å². The van der Waals surface area contributed by atoms with Crippen LogP contribution in [0.15, 0.2) is 34.1 Å². The van der Waals surface area contributed by atoms with Crippen molar-refractivity contribution in [3.8, 4) is 10.6 Å². The standard InChI is InChI=1S/C13H9NO2S/c1-8-12(13-14-9(6-15)7-17-13)10-4-2-3-5-11(10)16-8/h2-7H,1H3. The lowest BCUT2D eigenvalue weighted by Crippen LogP contribution is -1.80. The summed E-state index contributed by atoms with van der Waals surface area (Å²) in [6, 6.07) is 7.84. The molecule has 0 atom stereocenters. The maximum atomic E-state index is 10.7. The number of carbonyl (C=O) groups excluding carboxylic acids is 1. The zero-order chi connectivity index (χ0) is 11.8. The fourth-order valence-electron chi connectivity index (χ4n) is 1.89. The molecule has 3 rings (SSSR count). The smallest absolute Gasteiger partial charge is 0.169 e. The van der Waals surface area contributed by atoms with E-state index in [0.29, 0.717) is 5.69 Å². The Kier molecular flexibility index (Phi) is 2.30. The van der Waals surface area contributed by atoms with Crippen molar-refractivity contribution in [1.29, 1.82) is 0 Å². The summed E-state index contributed by atoms with van der Waals surface area (Å²) < 4.78 is 5.67. The number of furan rings is 1. The summed E-state index contributed by atoms with van der Waals surface area (Å²) in [7, 11) is 0. The van der Waals surface area contributed by atoms with Crippen LogP contribution < -0.4 is 0 Å². The molecule has 84 valence electrons. The number of aromatic nitrogens is 1. The Labute approximate surface area is 102 Å². The number of rotatable bonds is 2. The van der Waals surface area contributed by atoms with E-state index >= 15 is 0 Å². The summed E-state index contributed by atoms with van der Waals surface area (Å²) >= 11 is 1.46. The predicted molar refractivity (Wildman–Crippen MR) is 67.4 cm³/mol. The van der Waals surface area contributed by atoms with Crippen LogP contribution in [0.25, 0.3) is 21.5 Å². The van der Waals surface area contributed by atoms with Gasteiger partial charge in [-0.25, -0.2) is 4.98 Å². The molecule has 0 fully saturated rings. The van der Waals surface area contributed by atoms with E-state index in [-0.39, 0.29) is 0 Å². The van der Waals surface area contributed by atoms with Crippen molar-refractivity contribution in [3.63, 3.8) is 0 Å². The highest BCUT2D eigenvalue weighted by Crippen LogP contribution is 2.35. The van der Waals surface area contributed by atoms with Crippen molar-refractivity contribution in [2.75, 3.05) is 0 Å². The molecule has 4 heteroatoms. The van der Waals surface area contributed by atoms with E-state index in [1.165, 1.54) is 11.3 Å². The summed E-state index contributed by atoms with van der Waals surface area (Å²) in [5, 5.41) is 3.62. The second-order valence-electron chi connectivity index (χ2n) is 3.72. The van der Waals surface area contributed by atoms with Crippen LogP contribution in [0.5, 0.6) is 0 Å². The van der Waals surface area contributed by atoms with Gasteiger partial charge in [0.1, 0.15) is 22.0 Å². The van der Waals surface area contributed by atoms with E-state index in [4.69, 9.17) is 4.42 Å². The topological polar surface area (TPSA) is 43.1 Å². The third-order valence-corrected chi connectivity index (χ3v) is 3.51. The SMILES string of the molecule is Cc1oc2ccccc2c1-c1nc(C=O)cs1. The average Bonchev–Trinajstić information content (AvgIpc) is 2.91. The van der Waals surface area contributed by atoms with Crippen LogP contribution in [0.4, 0.5) is 0 Å². The van der Waals surface area contributed by atoms with Crippen molar-refractivity contribution < 1.29 is 9.21 Å². The number of hydrogen-bond donors (Lipinski definition) is 0. The predicted octanol–water partition coefficient (Wildman–Crippen LogP) is 3.68. The van der Waals surface area contributed by atoms with Crippen LogP contribution in [0, 0.1) is 6.92 Å². The Hall–Kier alpha value is -1.94. The van der Waals surface area contributed by atoms with Crippen molar-refractivity contribution in [3.05, 3.63) is 41.1 Å². The number of benzene rings is 1. The zero-order valence-corrected chi connectivity index (χ0v) is 9.95. The van der Waals surface area contributed by atoms with Gasteiger partial charge in [0, 0.05) is 10.8 Å². The summed E-state index contributed by atoms with van der Waals surface area (Å²) in [6.45, 7) is 1.91.